The van der Waals surface area contributed by atoms with Crippen LogP contribution in [0.5, 0.6) is 0 Å². The molecule has 0 heterocycles. The summed E-state index contributed by atoms with van der Waals surface area (Å²) in [6.45, 7) is 0. The molecule has 16 heavy (non-hydrogen) atoms. The van der Waals surface area contributed by atoms with E-state index in [0.29, 0.717) is 22.7 Å². The molecule has 0 spiro atoms. The number of nitrogens with one attached hydrogen (secondary N) is 1. The summed E-state index contributed by atoms with van der Waals surface area (Å²) in [7, 11) is 0. The van der Waals surface area contributed by atoms with Crippen LogP contribution < -0.4 is 5.32 Å². The first-order valence-corrected chi connectivity index (χ1v) is 6.00. The van der Waals surface area contributed by atoms with Crippen molar-refractivity contribution in [2.24, 2.45) is 11.8 Å². The second-order valence-electron chi connectivity index (χ2n) is 4.61. The molecule has 1 fully saturated rings. The van der Waals surface area contributed by atoms with E-state index in [1.54, 1.807) is 6.07 Å². The normalized spacial score (nSPS) is 31.0. The summed E-state index contributed by atoms with van der Waals surface area (Å²) < 4.78 is 13.1. The van der Waals surface area contributed by atoms with Crippen molar-refractivity contribution >= 4 is 17.3 Å². The Morgan fingerprint density at radius 3 is 3.06 bits per heavy atom. The zero-order valence-corrected chi connectivity index (χ0v) is 9.54. The highest BCUT2D eigenvalue weighted by Crippen LogP contribution is 2.44. The van der Waals surface area contributed by atoms with Gasteiger partial charge in [-0.05, 0) is 37.0 Å². The summed E-state index contributed by atoms with van der Waals surface area (Å²) in [5.74, 6) is 1.16. The number of hydrogen-bond acceptors (Lipinski definition) is 1. The standard InChI is InChI=1S/C13H13ClFN/c14-11-5-4-9(15)7-13(11)16-12-6-8-2-1-3-10(8)12/h1,3-5,7-8,10,12,16H,2,6H2. The van der Waals surface area contributed by atoms with Crippen LogP contribution in [0, 0.1) is 17.7 Å². The predicted molar refractivity (Wildman–Crippen MR) is 64.2 cm³/mol. The molecule has 0 amide bonds. The third-order valence-corrected chi connectivity index (χ3v) is 3.96. The molecule has 1 N–H and O–H groups in total. The van der Waals surface area contributed by atoms with Gasteiger partial charge in [-0.15, -0.1) is 0 Å². The SMILES string of the molecule is Fc1ccc(Cl)c(NC2CC3CC=CC32)c1. The van der Waals surface area contributed by atoms with Gasteiger partial charge in [0.05, 0.1) is 10.7 Å². The highest BCUT2D eigenvalue weighted by Gasteiger charge is 2.41. The van der Waals surface area contributed by atoms with Gasteiger partial charge in [0, 0.05) is 12.0 Å². The van der Waals surface area contributed by atoms with Gasteiger partial charge < -0.3 is 5.32 Å². The van der Waals surface area contributed by atoms with E-state index >= 15 is 0 Å². The van der Waals surface area contributed by atoms with E-state index in [1.807, 2.05) is 0 Å². The number of rotatable bonds is 2. The molecule has 1 aromatic rings. The summed E-state index contributed by atoms with van der Waals surface area (Å²) in [4.78, 5) is 0. The van der Waals surface area contributed by atoms with Gasteiger partial charge in [0.1, 0.15) is 5.82 Å². The van der Waals surface area contributed by atoms with E-state index in [-0.39, 0.29) is 5.82 Å². The van der Waals surface area contributed by atoms with Crippen LogP contribution in [-0.4, -0.2) is 6.04 Å². The van der Waals surface area contributed by atoms with Crippen LogP contribution in [-0.2, 0) is 0 Å². The van der Waals surface area contributed by atoms with E-state index < -0.39 is 0 Å². The second-order valence-corrected chi connectivity index (χ2v) is 5.02. The molecule has 1 saturated carbocycles. The molecule has 0 radical (unpaired) electrons. The summed E-state index contributed by atoms with van der Waals surface area (Å²) in [5, 5.41) is 3.93. The topological polar surface area (TPSA) is 12.0 Å². The Morgan fingerprint density at radius 1 is 1.38 bits per heavy atom. The Labute approximate surface area is 99.3 Å². The van der Waals surface area contributed by atoms with Crippen molar-refractivity contribution in [1.29, 1.82) is 0 Å². The molecule has 3 rings (SSSR count). The summed E-state index contributed by atoms with van der Waals surface area (Å²) >= 11 is 6.02. The van der Waals surface area contributed by atoms with Crippen LogP contribution in [0.4, 0.5) is 10.1 Å². The van der Waals surface area contributed by atoms with E-state index in [9.17, 15) is 4.39 Å². The largest absolute Gasteiger partial charge is 0.380 e. The average Bonchev–Trinajstić information content (AvgIpc) is 2.61. The van der Waals surface area contributed by atoms with Crippen molar-refractivity contribution < 1.29 is 4.39 Å². The number of hydrogen-bond donors (Lipinski definition) is 1. The summed E-state index contributed by atoms with van der Waals surface area (Å²) in [5.41, 5.74) is 0.713. The lowest BCUT2D eigenvalue weighted by atomic mass is 9.71. The second kappa shape index (κ2) is 3.77. The minimum atomic E-state index is -0.246. The molecular formula is C13H13ClFN. The molecule has 1 nitrogen and oxygen atoms in total. The average molecular weight is 238 g/mol. The van der Waals surface area contributed by atoms with E-state index in [2.05, 4.69) is 17.5 Å². The third-order valence-electron chi connectivity index (χ3n) is 3.63. The number of benzene rings is 1. The van der Waals surface area contributed by atoms with Gasteiger partial charge >= 0.3 is 0 Å². The van der Waals surface area contributed by atoms with Crippen molar-refractivity contribution in [2.45, 2.75) is 18.9 Å². The van der Waals surface area contributed by atoms with Crippen molar-refractivity contribution in [3.63, 3.8) is 0 Å². The van der Waals surface area contributed by atoms with Crippen molar-refractivity contribution in [3.05, 3.63) is 41.2 Å². The molecule has 0 bridgehead atoms. The number of halogens is 2. The minimum Gasteiger partial charge on any atom is -0.380 e. The number of anilines is 1. The fourth-order valence-electron chi connectivity index (χ4n) is 2.69. The van der Waals surface area contributed by atoms with Gasteiger partial charge in [0.25, 0.3) is 0 Å². The highest BCUT2D eigenvalue weighted by atomic mass is 35.5. The van der Waals surface area contributed by atoms with Crippen LogP contribution in [0.2, 0.25) is 5.02 Å². The maximum Gasteiger partial charge on any atom is 0.125 e. The Kier molecular flexibility index (Phi) is 2.40. The lowest BCUT2D eigenvalue weighted by Gasteiger charge is -2.41. The van der Waals surface area contributed by atoms with E-state index in [1.165, 1.54) is 18.6 Å². The maximum absolute atomic E-state index is 13.1. The first kappa shape index (κ1) is 10.2. The molecule has 3 unspecified atom stereocenters. The zero-order chi connectivity index (χ0) is 11.1. The molecule has 3 atom stereocenters. The van der Waals surface area contributed by atoms with Gasteiger partial charge in [-0.1, -0.05) is 23.8 Å². The molecule has 2 aliphatic rings. The fourth-order valence-corrected chi connectivity index (χ4v) is 2.86. The minimum absolute atomic E-state index is 0.246. The first-order chi connectivity index (χ1) is 7.74. The molecule has 2 aliphatic carbocycles. The van der Waals surface area contributed by atoms with Crippen LogP contribution in [0.1, 0.15) is 12.8 Å². The van der Waals surface area contributed by atoms with Crippen LogP contribution in [0.3, 0.4) is 0 Å². The number of fused-ring (bicyclic) bond motifs is 1. The zero-order valence-electron chi connectivity index (χ0n) is 8.79. The van der Waals surface area contributed by atoms with Gasteiger partial charge in [-0.3, -0.25) is 0 Å². The predicted octanol–water partition coefficient (Wildman–Crippen LogP) is 3.86. The molecule has 0 aromatic heterocycles. The molecular weight excluding hydrogens is 225 g/mol. The van der Waals surface area contributed by atoms with Gasteiger partial charge in [-0.2, -0.15) is 0 Å². The lowest BCUT2D eigenvalue weighted by molar-refractivity contribution is 0.218. The van der Waals surface area contributed by atoms with Gasteiger partial charge in [0.2, 0.25) is 0 Å². The van der Waals surface area contributed by atoms with Crippen molar-refractivity contribution in [1.82, 2.24) is 0 Å². The Morgan fingerprint density at radius 2 is 2.25 bits per heavy atom. The Bertz CT molecular complexity index is 444. The molecule has 0 saturated heterocycles. The smallest absolute Gasteiger partial charge is 0.125 e. The quantitative estimate of drug-likeness (QED) is 0.771. The lowest BCUT2D eigenvalue weighted by Crippen LogP contribution is -2.43. The molecule has 1 aromatic carbocycles. The van der Waals surface area contributed by atoms with Crippen LogP contribution in [0.15, 0.2) is 30.4 Å². The van der Waals surface area contributed by atoms with E-state index in [0.717, 1.165) is 12.3 Å². The van der Waals surface area contributed by atoms with Crippen LogP contribution >= 0.6 is 11.6 Å². The van der Waals surface area contributed by atoms with Crippen molar-refractivity contribution in [3.8, 4) is 0 Å². The summed E-state index contributed by atoms with van der Waals surface area (Å²) in [6.07, 6.45) is 6.85. The Balaban J connectivity index is 1.75. The highest BCUT2D eigenvalue weighted by molar-refractivity contribution is 6.33. The fraction of sp³-hybridized carbons (Fsp3) is 0.385. The first-order valence-electron chi connectivity index (χ1n) is 5.62. The monoisotopic (exact) mass is 237 g/mol. The Hall–Kier alpha value is -1.02. The maximum atomic E-state index is 13.1. The molecule has 0 aliphatic heterocycles. The third kappa shape index (κ3) is 1.61. The van der Waals surface area contributed by atoms with Gasteiger partial charge in [0.15, 0.2) is 0 Å². The van der Waals surface area contributed by atoms with E-state index in [4.69, 9.17) is 11.6 Å². The molecule has 3 heteroatoms. The summed E-state index contributed by atoms with van der Waals surface area (Å²) in [6, 6.07) is 4.86. The molecule has 84 valence electrons. The van der Waals surface area contributed by atoms with Crippen molar-refractivity contribution in [2.75, 3.05) is 5.32 Å². The van der Waals surface area contributed by atoms with Crippen LogP contribution in [0.25, 0.3) is 0 Å². The number of allylic oxidation sites excluding steroid dienone is 1. The van der Waals surface area contributed by atoms with Gasteiger partial charge in [-0.25, -0.2) is 4.39 Å².